The van der Waals surface area contributed by atoms with Crippen LogP contribution in [0.3, 0.4) is 0 Å². The summed E-state index contributed by atoms with van der Waals surface area (Å²) in [5.74, 6) is 1.05. The van der Waals surface area contributed by atoms with E-state index in [2.05, 4.69) is 6.08 Å². The smallest absolute Gasteiger partial charge is 0.157 e. The van der Waals surface area contributed by atoms with Crippen molar-refractivity contribution in [3.05, 3.63) is 35.6 Å². The summed E-state index contributed by atoms with van der Waals surface area (Å²) in [6.45, 7) is 1.99. The number of rotatable bonds is 2. The molecule has 0 fully saturated rings. The van der Waals surface area contributed by atoms with Gasteiger partial charge in [0.2, 0.25) is 0 Å². The lowest BCUT2D eigenvalue weighted by Crippen LogP contribution is -2.47. The second-order valence-electron chi connectivity index (χ2n) is 5.39. The van der Waals surface area contributed by atoms with Gasteiger partial charge in [-0.2, -0.15) is 0 Å². The number of carbonyl (C=O) groups excluding carboxylic acids is 1. The highest BCUT2D eigenvalue weighted by atomic mass is 32.2. The highest BCUT2D eigenvalue weighted by Crippen LogP contribution is 2.52. The largest absolute Gasteiger partial charge is 0.492 e. The molecule has 3 unspecified atom stereocenters. The monoisotopic (exact) mass is 278 g/mol. The number of carbonyl (C=O) groups is 1. The summed E-state index contributed by atoms with van der Waals surface area (Å²) < 4.78 is 5.68. The van der Waals surface area contributed by atoms with Crippen LogP contribution < -0.4 is 0 Å². The fourth-order valence-corrected chi connectivity index (χ4v) is 4.68. The molecule has 0 saturated carbocycles. The normalized spacial score (nSPS) is 34.6. The minimum Gasteiger partial charge on any atom is -0.492 e. The van der Waals surface area contributed by atoms with E-state index in [9.17, 15) is 9.90 Å². The second kappa shape index (κ2) is 4.84. The molecule has 3 atom stereocenters. The van der Waals surface area contributed by atoms with E-state index < -0.39 is 0 Å². The maximum absolute atomic E-state index is 12.1. The van der Waals surface area contributed by atoms with Crippen LogP contribution in [-0.4, -0.2) is 34.1 Å². The van der Waals surface area contributed by atoms with E-state index in [1.54, 1.807) is 24.1 Å². The van der Waals surface area contributed by atoms with E-state index in [0.29, 0.717) is 6.42 Å². The zero-order valence-corrected chi connectivity index (χ0v) is 11.8. The highest BCUT2D eigenvalue weighted by molar-refractivity contribution is 8.01. The molecule has 3 aliphatic rings. The van der Waals surface area contributed by atoms with Crippen LogP contribution in [0.15, 0.2) is 35.6 Å². The molecule has 1 N–H and O–H groups in total. The average Bonchev–Trinajstić information content (AvgIpc) is 2.70. The number of thioether (sulfide) groups is 1. The van der Waals surface area contributed by atoms with Crippen molar-refractivity contribution in [3.8, 4) is 0 Å². The Balaban J connectivity index is 2.07. The Hall–Kier alpha value is -1.00. The number of ether oxygens (including phenoxy) is 1. The quantitative estimate of drug-likeness (QED) is 0.787. The van der Waals surface area contributed by atoms with Crippen molar-refractivity contribution in [2.75, 3.05) is 12.4 Å². The van der Waals surface area contributed by atoms with Crippen molar-refractivity contribution in [3.63, 3.8) is 0 Å². The lowest BCUT2D eigenvalue weighted by atomic mass is 9.75. The second-order valence-corrected chi connectivity index (χ2v) is 6.74. The standard InChI is InChI=1S/C15H18O3S/c1-10(9-16)13-7-12(17)8-15-11(4-6-19-15)3-2-5-18-14(13)15/h2,4-5,7,10,14,16H,3,6,8-9H2,1H3. The lowest BCUT2D eigenvalue weighted by molar-refractivity contribution is -0.116. The molecule has 19 heavy (non-hydrogen) atoms. The molecule has 1 aliphatic carbocycles. The van der Waals surface area contributed by atoms with Gasteiger partial charge in [-0.05, 0) is 29.7 Å². The summed E-state index contributed by atoms with van der Waals surface area (Å²) in [5, 5.41) is 9.42. The molecule has 0 saturated heterocycles. The van der Waals surface area contributed by atoms with E-state index in [0.717, 1.165) is 17.7 Å². The van der Waals surface area contributed by atoms with Gasteiger partial charge in [0.05, 0.1) is 11.0 Å². The first kappa shape index (κ1) is 13.0. The Bertz CT molecular complexity index is 492. The van der Waals surface area contributed by atoms with Gasteiger partial charge in [-0.3, -0.25) is 4.79 Å². The van der Waals surface area contributed by atoms with Gasteiger partial charge >= 0.3 is 0 Å². The Labute approximate surface area is 117 Å². The third-order valence-electron chi connectivity index (χ3n) is 4.20. The third-order valence-corrected chi connectivity index (χ3v) is 5.67. The van der Waals surface area contributed by atoms with Gasteiger partial charge in [0.15, 0.2) is 5.78 Å². The van der Waals surface area contributed by atoms with Crippen molar-refractivity contribution in [2.45, 2.75) is 30.6 Å². The summed E-state index contributed by atoms with van der Waals surface area (Å²) in [6.07, 6.45) is 8.94. The molecule has 2 aliphatic heterocycles. The summed E-state index contributed by atoms with van der Waals surface area (Å²) in [5.41, 5.74) is 2.24. The first-order chi connectivity index (χ1) is 9.17. The van der Waals surface area contributed by atoms with Crippen LogP contribution in [-0.2, 0) is 9.53 Å². The fourth-order valence-electron chi connectivity index (χ4n) is 3.16. The van der Waals surface area contributed by atoms with Crippen LogP contribution >= 0.6 is 11.8 Å². The van der Waals surface area contributed by atoms with Crippen LogP contribution in [0.4, 0.5) is 0 Å². The molecule has 0 radical (unpaired) electrons. The van der Waals surface area contributed by atoms with Gasteiger partial charge in [0, 0.05) is 24.7 Å². The number of aliphatic hydroxyl groups excluding tert-OH is 1. The van der Waals surface area contributed by atoms with Crippen LogP contribution in [0, 0.1) is 5.92 Å². The topological polar surface area (TPSA) is 46.5 Å². The summed E-state index contributed by atoms with van der Waals surface area (Å²) in [6, 6.07) is 0. The number of ketones is 1. The fraction of sp³-hybridized carbons (Fsp3) is 0.533. The zero-order valence-electron chi connectivity index (χ0n) is 11.0. The van der Waals surface area contributed by atoms with E-state index >= 15 is 0 Å². The molecule has 0 aromatic carbocycles. The summed E-state index contributed by atoms with van der Waals surface area (Å²) >= 11 is 1.81. The summed E-state index contributed by atoms with van der Waals surface area (Å²) in [4.78, 5) is 12.1. The van der Waals surface area contributed by atoms with Gasteiger partial charge in [0.25, 0.3) is 0 Å². The molecule has 0 aromatic rings. The molecule has 3 rings (SSSR count). The number of hydrogen-bond donors (Lipinski definition) is 1. The molecular weight excluding hydrogens is 260 g/mol. The highest BCUT2D eigenvalue weighted by Gasteiger charge is 2.52. The molecule has 102 valence electrons. The Morgan fingerprint density at radius 3 is 3.26 bits per heavy atom. The average molecular weight is 278 g/mol. The first-order valence-corrected chi connectivity index (χ1v) is 7.65. The zero-order chi connectivity index (χ0) is 13.5. The minimum atomic E-state index is -0.242. The molecule has 4 heteroatoms. The van der Waals surface area contributed by atoms with Gasteiger partial charge in [0.1, 0.15) is 6.10 Å². The predicted molar refractivity (Wildman–Crippen MR) is 75.9 cm³/mol. The number of hydrogen-bond acceptors (Lipinski definition) is 4. The van der Waals surface area contributed by atoms with E-state index in [1.165, 1.54) is 5.57 Å². The van der Waals surface area contributed by atoms with Crippen LogP contribution in [0.5, 0.6) is 0 Å². The molecule has 3 nitrogen and oxygen atoms in total. The van der Waals surface area contributed by atoms with Crippen molar-refractivity contribution in [2.24, 2.45) is 5.92 Å². The molecule has 0 amide bonds. The van der Waals surface area contributed by atoms with Crippen molar-refractivity contribution in [1.29, 1.82) is 0 Å². The molecule has 0 bridgehead atoms. The Kier molecular flexibility index (Phi) is 3.31. The molecule has 0 aromatic heterocycles. The molecular formula is C15H18O3S. The lowest BCUT2D eigenvalue weighted by Gasteiger charge is -2.42. The van der Waals surface area contributed by atoms with Gasteiger partial charge < -0.3 is 9.84 Å². The first-order valence-electron chi connectivity index (χ1n) is 6.66. The van der Waals surface area contributed by atoms with E-state index in [1.807, 2.05) is 13.0 Å². The van der Waals surface area contributed by atoms with Gasteiger partial charge in [-0.25, -0.2) is 0 Å². The Morgan fingerprint density at radius 1 is 1.63 bits per heavy atom. The number of aliphatic hydroxyl groups is 1. The molecule has 2 heterocycles. The van der Waals surface area contributed by atoms with Crippen molar-refractivity contribution < 1.29 is 14.6 Å². The Morgan fingerprint density at radius 2 is 2.47 bits per heavy atom. The van der Waals surface area contributed by atoms with Crippen LogP contribution in [0.2, 0.25) is 0 Å². The number of allylic oxidation sites excluding steroid dienone is 2. The predicted octanol–water partition coefficient (Wildman–Crippen LogP) is 2.23. The van der Waals surface area contributed by atoms with Gasteiger partial charge in [-0.15, -0.1) is 11.8 Å². The maximum atomic E-state index is 12.1. The summed E-state index contributed by atoms with van der Waals surface area (Å²) in [7, 11) is 0. The van der Waals surface area contributed by atoms with Gasteiger partial charge in [-0.1, -0.05) is 13.0 Å². The van der Waals surface area contributed by atoms with Crippen LogP contribution in [0.25, 0.3) is 0 Å². The van der Waals surface area contributed by atoms with Crippen molar-refractivity contribution in [1.82, 2.24) is 0 Å². The molecule has 1 spiro atoms. The third kappa shape index (κ3) is 1.98. The minimum absolute atomic E-state index is 0.0416. The van der Waals surface area contributed by atoms with Crippen molar-refractivity contribution >= 4 is 17.5 Å². The van der Waals surface area contributed by atoms with E-state index in [-0.39, 0.29) is 29.2 Å². The SMILES string of the molecule is CC(CO)C1=CC(=O)CC23SCC=C2CC=COC13. The maximum Gasteiger partial charge on any atom is 0.157 e. The van der Waals surface area contributed by atoms with Crippen LogP contribution in [0.1, 0.15) is 19.8 Å². The van der Waals surface area contributed by atoms with E-state index in [4.69, 9.17) is 4.74 Å².